The monoisotopic (exact) mass is 250 g/mol. The second-order valence-corrected chi connectivity index (χ2v) is 5.89. The van der Waals surface area contributed by atoms with Crippen molar-refractivity contribution in [1.29, 1.82) is 0 Å². The van der Waals surface area contributed by atoms with Gasteiger partial charge >= 0.3 is 0 Å². The highest BCUT2D eigenvalue weighted by Crippen LogP contribution is 2.36. The van der Waals surface area contributed by atoms with E-state index in [2.05, 4.69) is 6.07 Å². The maximum atomic E-state index is 6.01. The Hall–Kier alpha value is 0.240. The lowest BCUT2D eigenvalue weighted by molar-refractivity contribution is 0.161. The molecular weight excluding hydrogens is 239 g/mol. The van der Waals surface area contributed by atoms with Crippen LogP contribution in [0.1, 0.15) is 11.3 Å². The molecule has 1 fully saturated rings. The van der Waals surface area contributed by atoms with Crippen molar-refractivity contribution in [2.75, 3.05) is 19.1 Å². The summed E-state index contributed by atoms with van der Waals surface area (Å²) in [4.78, 5) is 1.31. The van der Waals surface area contributed by atoms with Gasteiger partial charge in [0.25, 0.3) is 0 Å². The molecule has 0 N–H and O–H groups in total. The van der Waals surface area contributed by atoms with E-state index in [1.807, 2.05) is 6.07 Å². The van der Waals surface area contributed by atoms with E-state index in [9.17, 15) is 0 Å². The third-order valence-corrected chi connectivity index (χ3v) is 4.44. The predicted molar refractivity (Wildman–Crippen MR) is 61.6 cm³/mol. The number of hydrogen-bond donors (Lipinski definition) is 0. The average Bonchev–Trinajstić information content (AvgIpc) is 2.77. The first-order valence-electron chi connectivity index (χ1n) is 4.62. The zero-order chi connectivity index (χ0) is 10.0. The molecule has 1 aliphatic heterocycles. The molecule has 0 saturated carbocycles. The van der Waals surface area contributed by atoms with Crippen molar-refractivity contribution in [3.63, 3.8) is 0 Å². The minimum Gasteiger partial charge on any atom is -0.381 e. The summed E-state index contributed by atoms with van der Waals surface area (Å²) >= 11 is 13.5. The van der Waals surface area contributed by atoms with Crippen molar-refractivity contribution in [3.05, 3.63) is 21.3 Å². The fourth-order valence-corrected chi connectivity index (χ4v) is 3.32. The van der Waals surface area contributed by atoms with Crippen LogP contribution in [0.3, 0.4) is 0 Å². The molecule has 0 amide bonds. The zero-order valence-corrected chi connectivity index (χ0v) is 10.1. The van der Waals surface area contributed by atoms with Crippen LogP contribution in [0.25, 0.3) is 0 Å². The van der Waals surface area contributed by atoms with Crippen molar-refractivity contribution in [1.82, 2.24) is 0 Å². The Morgan fingerprint density at radius 3 is 2.86 bits per heavy atom. The zero-order valence-electron chi connectivity index (χ0n) is 7.76. The fraction of sp³-hybridized carbons (Fsp3) is 0.600. The molecule has 1 atom stereocenters. The lowest BCUT2D eigenvalue weighted by Gasteiger charge is -2.23. The first-order valence-corrected chi connectivity index (χ1v) is 6.35. The Bertz CT molecular complexity index is 305. The normalized spacial score (nSPS) is 27.0. The number of ether oxygens (including phenoxy) is 1. The first-order chi connectivity index (χ1) is 6.74. The maximum Gasteiger partial charge on any atom is 0.0931 e. The Labute approximate surface area is 98.0 Å². The summed E-state index contributed by atoms with van der Waals surface area (Å²) in [6.45, 7) is 1.62. The Kier molecular flexibility index (Phi) is 3.38. The minimum atomic E-state index is 0.149. The van der Waals surface area contributed by atoms with Crippen LogP contribution in [0.2, 0.25) is 4.34 Å². The van der Waals surface area contributed by atoms with E-state index in [1.54, 1.807) is 11.3 Å². The van der Waals surface area contributed by atoms with Crippen molar-refractivity contribution < 1.29 is 4.74 Å². The topological polar surface area (TPSA) is 9.23 Å². The molecule has 14 heavy (non-hydrogen) atoms. The largest absolute Gasteiger partial charge is 0.381 e. The molecule has 1 nitrogen and oxygen atoms in total. The molecule has 1 unspecified atom stereocenters. The van der Waals surface area contributed by atoms with Crippen LogP contribution < -0.4 is 0 Å². The van der Waals surface area contributed by atoms with E-state index in [4.69, 9.17) is 27.9 Å². The molecule has 4 heteroatoms. The molecule has 2 rings (SSSR count). The second-order valence-electron chi connectivity index (χ2n) is 3.82. The van der Waals surface area contributed by atoms with E-state index in [1.165, 1.54) is 4.88 Å². The second kappa shape index (κ2) is 4.40. The highest BCUT2D eigenvalue weighted by Gasteiger charge is 2.34. The number of rotatable bonds is 3. The van der Waals surface area contributed by atoms with E-state index >= 15 is 0 Å². The van der Waals surface area contributed by atoms with Gasteiger partial charge in [-0.15, -0.1) is 22.9 Å². The van der Waals surface area contributed by atoms with Crippen LogP contribution in [0, 0.1) is 5.41 Å². The standard InChI is InChI=1S/C10H12Cl2OS/c11-6-10(3-4-13-7-10)5-8-1-2-9(12)14-8/h1-2H,3-7H2. The van der Waals surface area contributed by atoms with Gasteiger partial charge in [-0.3, -0.25) is 0 Å². The van der Waals surface area contributed by atoms with Crippen LogP contribution in [0.4, 0.5) is 0 Å². The summed E-state index contributed by atoms with van der Waals surface area (Å²) in [7, 11) is 0. The Morgan fingerprint density at radius 2 is 2.36 bits per heavy atom. The van der Waals surface area contributed by atoms with Gasteiger partial charge in [0.2, 0.25) is 0 Å². The van der Waals surface area contributed by atoms with E-state index in [0.717, 1.165) is 30.4 Å². The number of hydrogen-bond acceptors (Lipinski definition) is 2. The summed E-state index contributed by atoms with van der Waals surface area (Å²) in [6.07, 6.45) is 2.06. The van der Waals surface area contributed by atoms with Gasteiger partial charge in [-0.05, 0) is 25.0 Å². The molecule has 0 aliphatic carbocycles. The van der Waals surface area contributed by atoms with Gasteiger partial charge in [0, 0.05) is 22.8 Å². The van der Waals surface area contributed by atoms with Crippen molar-refractivity contribution >= 4 is 34.5 Å². The SMILES string of the molecule is ClCC1(Cc2ccc(Cl)s2)CCOC1. The highest BCUT2D eigenvalue weighted by atomic mass is 35.5. The third kappa shape index (κ3) is 2.25. The lowest BCUT2D eigenvalue weighted by atomic mass is 9.85. The van der Waals surface area contributed by atoms with Gasteiger partial charge < -0.3 is 4.74 Å². The van der Waals surface area contributed by atoms with Gasteiger partial charge in [0.1, 0.15) is 0 Å². The summed E-state index contributed by atoms with van der Waals surface area (Å²) in [5.41, 5.74) is 0.149. The molecule has 0 radical (unpaired) electrons. The predicted octanol–water partition coefficient (Wildman–Crippen LogP) is 3.59. The van der Waals surface area contributed by atoms with E-state index in [0.29, 0.717) is 5.88 Å². The molecular formula is C10H12Cl2OS. The van der Waals surface area contributed by atoms with Gasteiger partial charge in [-0.1, -0.05) is 11.6 Å². The summed E-state index contributed by atoms with van der Waals surface area (Å²) < 4.78 is 6.27. The molecule has 1 aromatic rings. The Balaban J connectivity index is 2.08. The van der Waals surface area contributed by atoms with Gasteiger partial charge in [0.05, 0.1) is 10.9 Å². The molecule has 0 aromatic carbocycles. The molecule has 1 saturated heterocycles. The highest BCUT2D eigenvalue weighted by molar-refractivity contribution is 7.16. The molecule has 0 bridgehead atoms. The van der Waals surface area contributed by atoms with Gasteiger partial charge in [-0.2, -0.15) is 0 Å². The first kappa shape index (κ1) is 10.7. The number of alkyl halides is 1. The molecule has 1 aromatic heterocycles. The molecule has 1 aliphatic rings. The molecule has 2 heterocycles. The van der Waals surface area contributed by atoms with E-state index < -0.39 is 0 Å². The summed E-state index contributed by atoms with van der Waals surface area (Å²) in [5, 5.41) is 0. The summed E-state index contributed by atoms with van der Waals surface area (Å²) in [5.74, 6) is 0.669. The quantitative estimate of drug-likeness (QED) is 0.746. The summed E-state index contributed by atoms with van der Waals surface area (Å²) in [6, 6.07) is 4.03. The fourth-order valence-electron chi connectivity index (χ4n) is 1.76. The van der Waals surface area contributed by atoms with Gasteiger partial charge in [-0.25, -0.2) is 0 Å². The van der Waals surface area contributed by atoms with Crippen molar-refractivity contribution in [2.24, 2.45) is 5.41 Å². The van der Waals surface area contributed by atoms with Gasteiger partial charge in [0.15, 0.2) is 0 Å². The Morgan fingerprint density at radius 1 is 1.50 bits per heavy atom. The smallest absolute Gasteiger partial charge is 0.0931 e. The minimum absolute atomic E-state index is 0.149. The van der Waals surface area contributed by atoms with Crippen molar-refractivity contribution in [3.8, 4) is 0 Å². The number of thiophene rings is 1. The van der Waals surface area contributed by atoms with E-state index in [-0.39, 0.29) is 5.41 Å². The van der Waals surface area contributed by atoms with Crippen molar-refractivity contribution in [2.45, 2.75) is 12.8 Å². The van der Waals surface area contributed by atoms with Crippen LogP contribution in [0.15, 0.2) is 12.1 Å². The molecule has 78 valence electrons. The average molecular weight is 251 g/mol. The van der Waals surface area contributed by atoms with Crippen LogP contribution in [-0.2, 0) is 11.2 Å². The number of halogens is 2. The van der Waals surface area contributed by atoms with Crippen LogP contribution >= 0.6 is 34.5 Å². The lowest BCUT2D eigenvalue weighted by Crippen LogP contribution is -2.25. The molecule has 0 spiro atoms. The van der Waals surface area contributed by atoms with Crippen LogP contribution in [-0.4, -0.2) is 19.1 Å². The van der Waals surface area contributed by atoms with Crippen LogP contribution in [0.5, 0.6) is 0 Å². The maximum absolute atomic E-state index is 6.01. The third-order valence-electron chi connectivity index (χ3n) is 2.65.